The van der Waals surface area contributed by atoms with Crippen molar-refractivity contribution in [2.45, 2.75) is 128 Å². The molecule has 0 aromatic carbocycles. The van der Waals surface area contributed by atoms with Crippen molar-refractivity contribution in [1.29, 1.82) is 0 Å². The van der Waals surface area contributed by atoms with Crippen LogP contribution in [0, 0.1) is 0 Å². The molecule has 0 aromatic heterocycles. The molecule has 1 saturated carbocycles. The van der Waals surface area contributed by atoms with Gasteiger partial charge in [-0.05, 0) is 85.7 Å². The lowest BCUT2D eigenvalue weighted by Crippen LogP contribution is -2.45. The molecule has 1 aliphatic rings. The summed E-state index contributed by atoms with van der Waals surface area (Å²) in [5.41, 5.74) is -1.34. The summed E-state index contributed by atoms with van der Waals surface area (Å²) in [7, 11) is 2.74. The largest absolute Gasteiger partial charge is 0.444 e. The number of Topliss-reactive ketones (excluding diaryl/α,β-unsaturated/α-hetero) is 2. The summed E-state index contributed by atoms with van der Waals surface area (Å²) >= 11 is 4.06. The molecule has 2 N–H and O–H groups in total. The van der Waals surface area contributed by atoms with Crippen LogP contribution in [0.3, 0.4) is 0 Å². The van der Waals surface area contributed by atoms with Gasteiger partial charge in [0.1, 0.15) is 23.3 Å². The first-order chi connectivity index (χ1) is 18.6. The summed E-state index contributed by atoms with van der Waals surface area (Å²) in [4.78, 5) is 49.7. The number of carbonyl (C=O) groups is 4. The van der Waals surface area contributed by atoms with Crippen LogP contribution in [0.25, 0.3) is 0 Å². The second-order valence-corrected chi connectivity index (χ2v) is 17.1. The monoisotopic (exact) mass is 638 g/mol. The number of amides is 2. The highest BCUT2D eigenvalue weighted by molar-refractivity contribution is 8.76. The van der Waals surface area contributed by atoms with Gasteiger partial charge >= 0.3 is 12.2 Å². The average Bonchev–Trinajstić information content (AvgIpc) is 2.79. The maximum Gasteiger partial charge on any atom is 0.408 e. The van der Waals surface area contributed by atoms with Gasteiger partial charge < -0.3 is 20.1 Å². The third-order valence-corrected chi connectivity index (χ3v) is 11.3. The maximum atomic E-state index is 13.1. The van der Waals surface area contributed by atoms with Gasteiger partial charge in [0.15, 0.2) is 11.6 Å². The number of carbonyl (C=O) groups excluding carboxylic acids is 4. The van der Waals surface area contributed by atoms with E-state index in [-0.39, 0.29) is 11.6 Å². The molecule has 0 aliphatic heterocycles. The van der Waals surface area contributed by atoms with E-state index in [1.807, 2.05) is 11.8 Å². The normalized spacial score (nSPS) is 18.7. The summed E-state index contributed by atoms with van der Waals surface area (Å²) in [5.74, 6) is 2.58. The Bertz CT molecular complexity index is 816. The van der Waals surface area contributed by atoms with E-state index in [4.69, 9.17) is 9.47 Å². The minimum Gasteiger partial charge on any atom is -0.444 e. The van der Waals surface area contributed by atoms with E-state index in [0.29, 0.717) is 23.2 Å². The van der Waals surface area contributed by atoms with E-state index >= 15 is 0 Å². The van der Waals surface area contributed by atoms with Crippen LogP contribution in [-0.2, 0) is 19.1 Å². The molecule has 4 unspecified atom stereocenters. The van der Waals surface area contributed by atoms with Gasteiger partial charge in [0.25, 0.3) is 0 Å². The number of hydrogen-bond acceptors (Lipinski definition) is 10. The summed E-state index contributed by atoms with van der Waals surface area (Å²) in [5, 5.41) is 6.77. The van der Waals surface area contributed by atoms with Crippen LogP contribution in [0.5, 0.6) is 0 Å². The number of hydrogen-bond donors (Lipinski definition) is 2. The molecule has 1 aliphatic carbocycles. The highest BCUT2D eigenvalue weighted by atomic mass is 33.1. The zero-order valence-corrected chi connectivity index (χ0v) is 28.7. The smallest absolute Gasteiger partial charge is 0.408 e. The standard InChI is InChI=1S/C28H50N2O6S4/c1-9-10-15-37-23-13-14-24(23)38-16-11-12-22(32)21(30-26(34)36-28(6,7)8)18-40-39-17-20(19(2)31)29-25(33)35-27(3,4)5/h20-21,23-24H,9-18H2,1-8H3,(H,29,33)(H,30,34). The average molecular weight is 639 g/mol. The predicted molar refractivity (Wildman–Crippen MR) is 173 cm³/mol. The van der Waals surface area contributed by atoms with Gasteiger partial charge in [-0.15, -0.1) is 0 Å². The Balaban J connectivity index is 2.56. The SMILES string of the molecule is CCCCSC1CCC1SCCCC(=O)C(CSSCC(NC(=O)OC(C)(C)C)C(C)=O)NC(=O)OC(C)(C)C. The fourth-order valence-electron chi connectivity index (χ4n) is 3.46. The van der Waals surface area contributed by atoms with Crippen LogP contribution in [0.1, 0.15) is 93.9 Å². The van der Waals surface area contributed by atoms with Crippen LogP contribution >= 0.6 is 45.1 Å². The summed E-state index contributed by atoms with van der Waals surface area (Å²) in [6.45, 7) is 14.2. The van der Waals surface area contributed by atoms with Crippen LogP contribution in [0.2, 0.25) is 0 Å². The lowest BCUT2D eigenvalue weighted by Gasteiger charge is -2.35. The molecular weight excluding hydrogens is 589 g/mol. The molecule has 1 rings (SSSR count). The molecule has 232 valence electrons. The number of unbranched alkanes of at least 4 members (excludes halogenated alkanes) is 1. The molecule has 12 heteroatoms. The minimum atomic E-state index is -0.715. The molecule has 2 amide bonds. The zero-order valence-electron chi connectivity index (χ0n) is 25.5. The fourth-order valence-corrected chi connectivity index (χ4v) is 9.06. The molecular formula is C28H50N2O6S4. The van der Waals surface area contributed by atoms with Gasteiger partial charge in [-0.25, -0.2) is 9.59 Å². The Labute approximate surface area is 257 Å². The number of thioether (sulfide) groups is 2. The van der Waals surface area contributed by atoms with E-state index < -0.39 is 35.5 Å². The van der Waals surface area contributed by atoms with E-state index in [2.05, 4.69) is 29.3 Å². The molecule has 1 fully saturated rings. The highest BCUT2D eigenvalue weighted by Crippen LogP contribution is 2.40. The van der Waals surface area contributed by atoms with Crippen molar-refractivity contribution in [3.05, 3.63) is 0 Å². The van der Waals surface area contributed by atoms with Crippen molar-refractivity contribution >= 4 is 68.9 Å². The van der Waals surface area contributed by atoms with Crippen molar-refractivity contribution in [1.82, 2.24) is 10.6 Å². The van der Waals surface area contributed by atoms with Gasteiger partial charge in [0.2, 0.25) is 0 Å². The van der Waals surface area contributed by atoms with Crippen LogP contribution < -0.4 is 10.6 Å². The number of ether oxygens (including phenoxy) is 2. The van der Waals surface area contributed by atoms with Gasteiger partial charge in [-0.1, -0.05) is 34.9 Å². The van der Waals surface area contributed by atoms with Crippen molar-refractivity contribution in [2.75, 3.05) is 23.0 Å². The van der Waals surface area contributed by atoms with E-state index in [1.165, 1.54) is 59.9 Å². The van der Waals surface area contributed by atoms with Crippen LogP contribution in [0.4, 0.5) is 9.59 Å². The molecule has 0 saturated heterocycles. The Morgan fingerprint density at radius 1 is 0.775 bits per heavy atom. The van der Waals surface area contributed by atoms with E-state index in [1.54, 1.807) is 41.5 Å². The summed E-state index contributed by atoms with van der Waals surface area (Å²) in [6.07, 6.45) is 4.92. The second kappa shape index (κ2) is 18.7. The van der Waals surface area contributed by atoms with Crippen molar-refractivity contribution in [3.63, 3.8) is 0 Å². The Morgan fingerprint density at radius 3 is 1.65 bits per heavy atom. The number of rotatable bonds is 18. The first kappa shape index (κ1) is 37.3. The zero-order chi connectivity index (χ0) is 30.3. The quantitative estimate of drug-likeness (QED) is 0.122. The van der Waals surface area contributed by atoms with Gasteiger partial charge in [0.05, 0.1) is 0 Å². The third kappa shape index (κ3) is 17.3. The number of nitrogens with one attached hydrogen (secondary N) is 2. The van der Waals surface area contributed by atoms with E-state index in [9.17, 15) is 19.2 Å². The van der Waals surface area contributed by atoms with E-state index in [0.717, 1.165) is 17.4 Å². The Kier molecular flexibility index (Phi) is 17.5. The van der Waals surface area contributed by atoms with Crippen molar-refractivity contribution in [2.24, 2.45) is 0 Å². The fraction of sp³-hybridized carbons (Fsp3) is 0.857. The molecule has 8 nitrogen and oxygen atoms in total. The minimum absolute atomic E-state index is 0.0305. The topological polar surface area (TPSA) is 111 Å². The van der Waals surface area contributed by atoms with Gasteiger partial charge in [-0.2, -0.15) is 23.5 Å². The van der Waals surface area contributed by atoms with Crippen molar-refractivity contribution < 1.29 is 28.7 Å². The lowest BCUT2D eigenvalue weighted by atomic mass is 9.99. The highest BCUT2D eigenvalue weighted by Gasteiger charge is 2.31. The Morgan fingerprint density at radius 2 is 1.23 bits per heavy atom. The third-order valence-electron chi connectivity index (χ3n) is 5.69. The molecule has 0 aromatic rings. The molecule has 40 heavy (non-hydrogen) atoms. The second-order valence-electron chi connectivity index (χ2n) is 11.9. The molecule has 0 heterocycles. The predicted octanol–water partition coefficient (Wildman–Crippen LogP) is 6.89. The maximum absolute atomic E-state index is 13.1. The number of alkyl carbamates (subject to hydrolysis) is 2. The Hall–Kier alpha value is -0.720. The molecule has 0 bridgehead atoms. The van der Waals surface area contributed by atoms with Gasteiger partial charge in [-0.3, -0.25) is 9.59 Å². The van der Waals surface area contributed by atoms with Crippen LogP contribution in [-0.4, -0.2) is 80.6 Å². The van der Waals surface area contributed by atoms with Crippen LogP contribution in [0.15, 0.2) is 0 Å². The molecule has 0 spiro atoms. The summed E-state index contributed by atoms with van der Waals surface area (Å²) < 4.78 is 10.6. The first-order valence-electron chi connectivity index (χ1n) is 14.1. The molecule has 0 radical (unpaired) electrons. The summed E-state index contributed by atoms with van der Waals surface area (Å²) in [6, 6.07) is -1.42. The van der Waals surface area contributed by atoms with Gasteiger partial charge in [0, 0.05) is 28.4 Å². The molecule has 4 atom stereocenters. The van der Waals surface area contributed by atoms with Crippen molar-refractivity contribution in [3.8, 4) is 0 Å². The first-order valence-corrected chi connectivity index (χ1v) is 18.7. The number of ketones is 2. The lowest BCUT2D eigenvalue weighted by molar-refractivity contribution is -0.120.